The molecule has 0 amide bonds. The van der Waals surface area contributed by atoms with Crippen molar-refractivity contribution in [2.24, 2.45) is 7.05 Å². The normalized spacial score (nSPS) is 18.4. The summed E-state index contributed by atoms with van der Waals surface area (Å²) in [6, 6.07) is 0. The maximum Gasteiger partial charge on any atom is 0.146 e. The van der Waals surface area contributed by atoms with Crippen LogP contribution in [0.5, 0.6) is 0 Å². The zero-order chi connectivity index (χ0) is 10.8. The Morgan fingerprint density at radius 1 is 1.40 bits per heavy atom. The molecule has 1 fully saturated rings. The van der Waals surface area contributed by atoms with Crippen LogP contribution < -0.4 is 0 Å². The molecule has 0 unspecified atom stereocenters. The van der Waals surface area contributed by atoms with Crippen molar-refractivity contribution in [2.45, 2.75) is 26.3 Å². The van der Waals surface area contributed by atoms with Gasteiger partial charge in [0.15, 0.2) is 0 Å². The van der Waals surface area contributed by atoms with Gasteiger partial charge >= 0.3 is 0 Å². The van der Waals surface area contributed by atoms with Crippen molar-refractivity contribution in [3.63, 3.8) is 0 Å². The third-order valence-corrected chi connectivity index (χ3v) is 3.00. The van der Waals surface area contributed by atoms with Crippen LogP contribution in [0.25, 0.3) is 0 Å². The van der Waals surface area contributed by atoms with E-state index in [1.54, 1.807) is 0 Å². The molecule has 4 heteroatoms. The summed E-state index contributed by atoms with van der Waals surface area (Å²) in [7, 11) is 2.02. The van der Waals surface area contributed by atoms with E-state index in [4.69, 9.17) is 0 Å². The Morgan fingerprint density at radius 2 is 2.20 bits per heavy atom. The van der Waals surface area contributed by atoms with Crippen LogP contribution in [0.15, 0.2) is 12.2 Å². The van der Waals surface area contributed by atoms with Crippen molar-refractivity contribution < 1.29 is 0 Å². The monoisotopic (exact) mass is 206 g/mol. The molecule has 1 saturated heterocycles. The molecular weight excluding hydrogens is 188 g/mol. The summed E-state index contributed by atoms with van der Waals surface area (Å²) in [6.07, 6.45) is 2.39. The first-order valence-electron chi connectivity index (χ1n) is 5.40. The van der Waals surface area contributed by atoms with Crippen LogP contribution in [-0.4, -0.2) is 32.8 Å². The Labute approximate surface area is 90.6 Å². The molecule has 0 N–H and O–H groups in total. The van der Waals surface area contributed by atoms with Gasteiger partial charge in [-0.25, -0.2) is 0 Å². The zero-order valence-electron chi connectivity index (χ0n) is 9.53. The predicted molar refractivity (Wildman–Crippen MR) is 59.4 cm³/mol. The van der Waals surface area contributed by atoms with E-state index >= 15 is 0 Å². The van der Waals surface area contributed by atoms with Gasteiger partial charge in [-0.1, -0.05) is 12.2 Å². The molecule has 15 heavy (non-hydrogen) atoms. The number of hydrogen-bond acceptors (Lipinski definition) is 3. The van der Waals surface area contributed by atoms with Gasteiger partial charge in [0.05, 0.1) is 6.54 Å². The number of likely N-dealkylation sites (tertiary alicyclic amines) is 1. The van der Waals surface area contributed by atoms with Gasteiger partial charge in [0.25, 0.3) is 0 Å². The second kappa shape index (κ2) is 4.14. The van der Waals surface area contributed by atoms with Crippen molar-refractivity contribution in [1.82, 2.24) is 19.7 Å². The fourth-order valence-corrected chi connectivity index (χ4v) is 1.95. The van der Waals surface area contributed by atoms with Crippen molar-refractivity contribution in [2.75, 3.05) is 13.1 Å². The molecule has 1 aromatic heterocycles. The van der Waals surface area contributed by atoms with Gasteiger partial charge in [-0.2, -0.15) is 0 Å². The van der Waals surface area contributed by atoms with Gasteiger partial charge in [0.2, 0.25) is 0 Å². The van der Waals surface area contributed by atoms with Crippen LogP contribution >= 0.6 is 0 Å². The lowest BCUT2D eigenvalue weighted by molar-refractivity contribution is 0.249. The highest BCUT2D eigenvalue weighted by molar-refractivity contribution is 5.02. The third-order valence-electron chi connectivity index (χ3n) is 3.00. The molecule has 0 aliphatic carbocycles. The lowest BCUT2D eigenvalue weighted by atomic mass is 10.1. The van der Waals surface area contributed by atoms with Crippen LogP contribution in [0.1, 0.15) is 24.5 Å². The van der Waals surface area contributed by atoms with Crippen molar-refractivity contribution >= 4 is 0 Å². The number of nitrogens with zero attached hydrogens (tertiary/aromatic N) is 4. The Bertz CT molecular complexity index is 367. The van der Waals surface area contributed by atoms with E-state index in [9.17, 15) is 0 Å². The number of hydrogen-bond donors (Lipinski definition) is 0. The first-order chi connectivity index (χ1) is 7.16. The van der Waals surface area contributed by atoms with Crippen LogP contribution in [-0.2, 0) is 13.6 Å². The van der Waals surface area contributed by atoms with Gasteiger partial charge in [0.1, 0.15) is 11.6 Å². The molecule has 1 aliphatic heterocycles. The maximum atomic E-state index is 4.18. The van der Waals surface area contributed by atoms with E-state index in [-0.39, 0.29) is 0 Å². The van der Waals surface area contributed by atoms with Crippen LogP contribution in [0.3, 0.4) is 0 Å². The molecule has 0 bridgehead atoms. The fourth-order valence-electron chi connectivity index (χ4n) is 1.95. The standard InChI is InChI=1S/C11H18N4/c1-9-5-4-6-15(7-9)8-11-13-12-10(2)14(11)3/h1,4-8H2,2-3H3. The topological polar surface area (TPSA) is 34.0 Å². The molecule has 1 aliphatic rings. The van der Waals surface area contributed by atoms with E-state index in [0.717, 1.165) is 31.3 Å². The van der Waals surface area contributed by atoms with E-state index < -0.39 is 0 Å². The van der Waals surface area contributed by atoms with Gasteiger partial charge in [0, 0.05) is 13.6 Å². The summed E-state index contributed by atoms with van der Waals surface area (Å²) in [6.45, 7) is 9.06. The lowest BCUT2D eigenvalue weighted by Crippen LogP contribution is -2.31. The highest BCUT2D eigenvalue weighted by atomic mass is 15.3. The predicted octanol–water partition coefficient (Wildman–Crippen LogP) is 1.28. The van der Waals surface area contributed by atoms with Crippen molar-refractivity contribution in [1.29, 1.82) is 0 Å². The van der Waals surface area contributed by atoms with Crippen molar-refractivity contribution in [3.05, 3.63) is 23.8 Å². The minimum atomic E-state index is 0.885. The van der Waals surface area contributed by atoms with E-state index in [1.165, 1.54) is 18.4 Å². The lowest BCUT2D eigenvalue weighted by Gasteiger charge is -2.27. The summed E-state index contributed by atoms with van der Waals surface area (Å²) in [5.74, 6) is 2.02. The number of aryl methyl sites for hydroxylation is 1. The second-order valence-corrected chi connectivity index (χ2v) is 4.29. The van der Waals surface area contributed by atoms with Crippen LogP contribution in [0, 0.1) is 6.92 Å². The summed E-state index contributed by atoms with van der Waals surface area (Å²) in [5, 5.41) is 8.24. The first kappa shape index (κ1) is 10.4. The number of piperidine rings is 1. The number of rotatable bonds is 2. The molecule has 0 atom stereocenters. The molecule has 82 valence electrons. The van der Waals surface area contributed by atoms with Gasteiger partial charge in [-0.15, -0.1) is 10.2 Å². The maximum absolute atomic E-state index is 4.18. The average Bonchev–Trinajstić information content (AvgIpc) is 2.50. The summed E-state index contributed by atoms with van der Waals surface area (Å²) in [5.41, 5.74) is 1.33. The largest absolute Gasteiger partial charge is 0.317 e. The van der Waals surface area contributed by atoms with E-state index in [0.29, 0.717) is 0 Å². The fraction of sp³-hybridized carbons (Fsp3) is 0.636. The van der Waals surface area contributed by atoms with Gasteiger partial charge < -0.3 is 4.57 Å². The molecule has 0 spiro atoms. The summed E-state index contributed by atoms with van der Waals surface area (Å²) >= 11 is 0. The Kier molecular flexibility index (Phi) is 2.86. The van der Waals surface area contributed by atoms with E-state index in [1.807, 2.05) is 14.0 Å². The Hall–Kier alpha value is -1.16. The molecule has 0 saturated carbocycles. The molecule has 0 radical (unpaired) electrons. The van der Waals surface area contributed by atoms with Gasteiger partial charge in [-0.05, 0) is 26.3 Å². The highest BCUT2D eigenvalue weighted by Crippen LogP contribution is 2.15. The molecule has 0 aromatic carbocycles. The Balaban J connectivity index is 2.02. The van der Waals surface area contributed by atoms with Crippen molar-refractivity contribution in [3.8, 4) is 0 Å². The van der Waals surface area contributed by atoms with E-state index in [2.05, 4.69) is 26.2 Å². The second-order valence-electron chi connectivity index (χ2n) is 4.29. The molecule has 2 heterocycles. The molecular formula is C11H18N4. The van der Waals surface area contributed by atoms with Gasteiger partial charge in [-0.3, -0.25) is 4.90 Å². The molecule has 1 aromatic rings. The number of aromatic nitrogens is 3. The third kappa shape index (κ3) is 2.26. The quantitative estimate of drug-likeness (QED) is 0.683. The zero-order valence-corrected chi connectivity index (χ0v) is 9.53. The van der Waals surface area contributed by atoms with Crippen LogP contribution in [0.4, 0.5) is 0 Å². The average molecular weight is 206 g/mol. The van der Waals surface area contributed by atoms with Crippen LogP contribution in [0.2, 0.25) is 0 Å². The minimum Gasteiger partial charge on any atom is -0.317 e. The molecule has 2 rings (SSSR count). The smallest absolute Gasteiger partial charge is 0.146 e. The highest BCUT2D eigenvalue weighted by Gasteiger charge is 2.15. The first-order valence-corrected chi connectivity index (χ1v) is 5.40. The minimum absolute atomic E-state index is 0.885. The molecule has 4 nitrogen and oxygen atoms in total. The SMILES string of the molecule is C=C1CCCN(Cc2nnc(C)n2C)C1. The Morgan fingerprint density at radius 3 is 2.80 bits per heavy atom. The summed E-state index contributed by atoms with van der Waals surface area (Å²) in [4.78, 5) is 2.38. The summed E-state index contributed by atoms with van der Waals surface area (Å²) < 4.78 is 2.05.